The molecule has 1 fully saturated rings. The molecule has 0 aromatic carbocycles. The first-order valence-corrected chi connectivity index (χ1v) is 4.51. The van der Waals surface area contributed by atoms with Crippen molar-refractivity contribution in [2.24, 2.45) is 0 Å². The van der Waals surface area contributed by atoms with E-state index in [1.165, 1.54) is 0 Å². The first-order chi connectivity index (χ1) is 6.69. The number of nitrogen functional groups attached to an aromatic ring is 2. The van der Waals surface area contributed by atoms with E-state index in [0.717, 1.165) is 18.9 Å². The zero-order chi connectivity index (χ0) is 10.1. The van der Waals surface area contributed by atoms with Crippen LogP contribution >= 0.6 is 0 Å². The van der Waals surface area contributed by atoms with Crippen LogP contribution in [0, 0.1) is 0 Å². The van der Waals surface area contributed by atoms with Crippen molar-refractivity contribution in [1.82, 2.24) is 15.3 Å². The fourth-order valence-corrected chi connectivity index (χ4v) is 1.48. The number of anilines is 3. The summed E-state index contributed by atoms with van der Waals surface area (Å²) in [5.41, 5.74) is 11.1. The van der Waals surface area contributed by atoms with Crippen molar-refractivity contribution in [2.75, 3.05) is 36.5 Å². The normalized spacial score (nSPS) is 16.8. The molecule has 2 rings (SSSR count). The van der Waals surface area contributed by atoms with Crippen molar-refractivity contribution in [2.45, 2.75) is 6.04 Å². The second-order valence-corrected chi connectivity index (χ2v) is 3.40. The van der Waals surface area contributed by atoms with Gasteiger partial charge in [0.25, 0.3) is 0 Å². The number of nitrogens with two attached hydrogens (primary N) is 2. The molecule has 1 aromatic heterocycles. The lowest BCUT2D eigenvalue weighted by molar-refractivity contribution is 0.447. The summed E-state index contributed by atoms with van der Waals surface area (Å²) in [6, 6.07) is 2.27. The van der Waals surface area contributed by atoms with Gasteiger partial charge in [0.1, 0.15) is 11.6 Å². The number of rotatable bonds is 2. The van der Waals surface area contributed by atoms with E-state index in [0.29, 0.717) is 11.9 Å². The molecule has 76 valence electrons. The van der Waals surface area contributed by atoms with Crippen molar-refractivity contribution in [3.63, 3.8) is 0 Å². The summed E-state index contributed by atoms with van der Waals surface area (Å²) >= 11 is 0. The zero-order valence-electron chi connectivity index (χ0n) is 8.07. The van der Waals surface area contributed by atoms with Crippen LogP contribution in [-0.4, -0.2) is 36.1 Å². The summed E-state index contributed by atoms with van der Waals surface area (Å²) in [6.07, 6.45) is 0. The Kier molecular flexibility index (Phi) is 2.12. The second-order valence-electron chi connectivity index (χ2n) is 3.40. The van der Waals surface area contributed by atoms with Crippen LogP contribution in [-0.2, 0) is 0 Å². The van der Waals surface area contributed by atoms with Gasteiger partial charge in [-0.15, -0.1) is 0 Å². The van der Waals surface area contributed by atoms with Crippen LogP contribution in [0.25, 0.3) is 0 Å². The molecule has 14 heavy (non-hydrogen) atoms. The number of hydrogen-bond donors (Lipinski definition) is 3. The summed E-state index contributed by atoms with van der Waals surface area (Å²) in [4.78, 5) is 10.0. The van der Waals surface area contributed by atoms with Gasteiger partial charge in [0.05, 0.1) is 0 Å². The van der Waals surface area contributed by atoms with Crippen molar-refractivity contribution >= 4 is 17.6 Å². The monoisotopic (exact) mass is 194 g/mol. The molecule has 2 heterocycles. The molecule has 6 heteroatoms. The lowest BCUT2D eigenvalue weighted by atomic mass is 10.1. The average molecular weight is 194 g/mol. The third-order valence-corrected chi connectivity index (χ3v) is 2.36. The molecule has 1 saturated heterocycles. The van der Waals surface area contributed by atoms with E-state index >= 15 is 0 Å². The van der Waals surface area contributed by atoms with Crippen molar-refractivity contribution in [3.05, 3.63) is 6.07 Å². The molecular weight excluding hydrogens is 180 g/mol. The standard InChI is InChI=1S/C8H14N6/c1-11-5-3-14(4-5)7-2-6(9)12-8(10)13-7/h2,5,11H,3-4H2,1H3,(H4,9,10,12,13). The molecule has 0 saturated carbocycles. The topological polar surface area (TPSA) is 93.1 Å². The van der Waals surface area contributed by atoms with Crippen LogP contribution in [0.15, 0.2) is 6.07 Å². The molecule has 0 radical (unpaired) electrons. The summed E-state index contributed by atoms with van der Waals surface area (Å²) in [7, 11) is 1.95. The lowest BCUT2D eigenvalue weighted by Crippen LogP contribution is -2.57. The smallest absolute Gasteiger partial charge is 0.223 e. The van der Waals surface area contributed by atoms with Crippen LogP contribution in [0.4, 0.5) is 17.6 Å². The number of hydrogen-bond acceptors (Lipinski definition) is 6. The fourth-order valence-electron chi connectivity index (χ4n) is 1.48. The van der Waals surface area contributed by atoms with E-state index in [-0.39, 0.29) is 5.95 Å². The van der Waals surface area contributed by atoms with Gasteiger partial charge in [0.15, 0.2) is 0 Å². The Hall–Kier alpha value is -1.56. The molecule has 6 nitrogen and oxygen atoms in total. The SMILES string of the molecule is CNC1CN(c2cc(N)nc(N)n2)C1. The van der Waals surface area contributed by atoms with Crippen LogP contribution < -0.4 is 21.7 Å². The van der Waals surface area contributed by atoms with Crippen molar-refractivity contribution in [3.8, 4) is 0 Å². The Balaban J connectivity index is 2.10. The Labute approximate surface area is 82.3 Å². The minimum absolute atomic E-state index is 0.230. The molecule has 0 atom stereocenters. The number of likely N-dealkylation sites (N-methyl/N-ethyl adjacent to an activating group) is 1. The van der Waals surface area contributed by atoms with Gasteiger partial charge in [-0.2, -0.15) is 9.97 Å². The van der Waals surface area contributed by atoms with E-state index in [9.17, 15) is 0 Å². The van der Waals surface area contributed by atoms with E-state index in [4.69, 9.17) is 11.5 Å². The predicted molar refractivity (Wildman–Crippen MR) is 55.9 cm³/mol. The molecule has 0 bridgehead atoms. The zero-order valence-corrected chi connectivity index (χ0v) is 8.07. The van der Waals surface area contributed by atoms with Crippen LogP contribution in [0.1, 0.15) is 0 Å². The van der Waals surface area contributed by atoms with Crippen LogP contribution in [0.5, 0.6) is 0 Å². The summed E-state index contributed by atoms with van der Waals surface area (Å²) < 4.78 is 0. The first kappa shape index (κ1) is 9.01. The lowest BCUT2D eigenvalue weighted by Gasteiger charge is -2.39. The Morgan fingerprint density at radius 1 is 1.43 bits per heavy atom. The van der Waals surface area contributed by atoms with Crippen molar-refractivity contribution in [1.29, 1.82) is 0 Å². The second kappa shape index (κ2) is 3.30. The largest absolute Gasteiger partial charge is 0.383 e. The molecule has 1 aliphatic rings. The molecule has 1 aliphatic heterocycles. The van der Waals surface area contributed by atoms with Gasteiger partial charge in [-0.05, 0) is 7.05 Å². The molecule has 0 unspecified atom stereocenters. The summed E-state index contributed by atoms with van der Waals surface area (Å²) in [5.74, 6) is 1.45. The average Bonchev–Trinajstić information content (AvgIpc) is 2.00. The highest BCUT2D eigenvalue weighted by Crippen LogP contribution is 2.20. The van der Waals surface area contributed by atoms with Gasteiger partial charge in [0.2, 0.25) is 5.95 Å². The third-order valence-electron chi connectivity index (χ3n) is 2.36. The van der Waals surface area contributed by atoms with Gasteiger partial charge < -0.3 is 21.7 Å². The minimum atomic E-state index is 0.230. The Morgan fingerprint density at radius 2 is 2.14 bits per heavy atom. The van der Waals surface area contributed by atoms with Crippen LogP contribution in [0.3, 0.4) is 0 Å². The first-order valence-electron chi connectivity index (χ1n) is 4.51. The highest BCUT2D eigenvalue weighted by Gasteiger charge is 2.26. The Bertz CT molecular complexity index is 312. The van der Waals surface area contributed by atoms with E-state index in [1.807, 2.05) is 7.05 Å². The maximum absolute atomic E-state index is 5.57. The van der Waals surface area contributed by atoms with E-state index in [1.54, 1.807) is 6.07 Å². The maximum atomic E-state index is 5.57. The number of aromatic nitrogens is 2. The van der Waals surface area contributed by atoms with Crippen molar-refractivity contribution < 1.29 is 0 Å². The summed E-state index contributed by atoms with van der Waals surface area (Å²) in [6.45, 7) is 1.87. The maximum Gasteiger partial charge on any atom is 0.223 e. The molecule has 0 aliphatic carbocycles. The van der Waals surface area contributed by atoms with Gasteiger partial charge in [-0.25, -0.2) is 0 Å². The molecule has 1 aromatic rings. The van der Waals surface area contributed by atoms with Gasteiger partial charge >= 0.3 is 0 Å². The highest BCUT2D eigenvalue weighted by atomic mass is 15.3. The third kappa shape index (κ3) is 1.56. The quantitative estimate of drug-likeness (QED) is 0.562. The molecular formula is C8H14N6. The summed E-state index contributed by atoms with van der Waals surface area (Å²) in [5, 5.41) is 3.18. The number of nitrogens with one attached hydrogen (secondary N) is 1. The van der Waals surface area contributed by atoms with E-state index in [2.05, 4.69) is 20.2 Å². The Morgan fingerprint density at radius 3 is 2.71 bits per heavy atom. The molecule has 0 amide bonds. The molecule has 5 N–H and O–H groups in total. The van der Waals surface area contributed by atoms with Gasteiger partial charge in [-0.1, -0.05) is 0 Å². The predicted octanol–water partition coefficient (Wildman–Crippen LogP) is -0.951. The highest BCUT2D eigenvalue weighted by molar-refractivity contribution is 5.52. The minimum Gasteiger partial charge on any atom is -0.383 e. The van der Waals surface area contributed by atoms with Gasteiger partial charge in [0, 0.05) is 25.2 Å². The van der Waals surface area contributed by atoms with Gasteiger partial charge in [-0.3, -0.25) is 0 Å². The number of nitrogens with zero attached hydrogens (tertiary/aromatic N) is 3. The van der Waals surface area contributed by atoms with Crippen LogP contribution in [0.2, 0.25) is 0 Å². The fraction of sp³-hybridized carbons (Fsp3) is 0.500. The van der Waals surface area contributed by atoms with E-state index < -0.39 is 0 Å². The molecule has 0 spiro atoms.